The SMILES string of the molecule is CC(C)N(CCC(=O)O)c1nc(OCc2ccc(F)cc2F)c(Br)c(=O)[nH]1. The van der Waals surface area contributed by atoms with Crippen molar-refractivity contribution in [3.8, 4) is 5.88 Å². The number of carboxylic acids is 1. The molecule has 2 aromatic rings. The number of halogens is 3. The predicted octanol–water partition coefficient (Wildman–Crippen LogP) is 3.08. The van der Waals surface area contributed by atoms with Crippen LogP contribution >= 0.6 is 15.9 Å². The van der Waals surface area contributed by atoms with Crippen molar-refractivity contribution in [1.29, 1.82) is 0 Å². The van der Waals surface area contributed by atoms with Gasteiger partial charge >= 0.3 is 5.97 Å². The number of nitrogens with one attached hydrogen (secondary N) is 1. The van der Waals surface area contributed by atoms with Gasteiger partial charge in [0.25, 0.3) is 5.56 Å². The van der Waals surface area contributed by atoms with Crippen molar-refractivity contribution >= 4 is 27.8 Å². The Balaban J connectivity index is 2.28. The van der Waals surface area contributed by atoms with Gasteiger partial charge in [-0.25, -0.2) is 8.78 Å². The van der Waals surface area contributed by atoms with E-state index in [0.717, 1.165) is 12.1 Å². The molecular formula is C17H18BrF2N3O4. The number of nitrogens with zero attached hydrogens (tertiary/aromatic N) is 2. The van der Waals surface area contributed by atoms with E-state index < -0.39 is 23.2 Å². The topological polar surface area (TPSA) is 95.5 Å². The number of ether oxygens (including phenoxy) is 1. The van der Waals surface area contributed by atoms with Crippen LogP contribution in [-0.2, 0) is 11.4 Å². The summed E-state index contributed by atoms with van der Waals surface area (Å²) in [6.07, 6.45) is -0.144. The number of rotatable bonds is 8. The largest absolute Gasteiger partial charge is 0.481 e. The first kappa shape index (κ1) is 20.8. The number of hydrogen-bond donors (Lipinski definition) is 2. The van der Waals surface area contributed by atoms with Crippen molar-refractivity contribution in [2.75, 3.05) is 11.4 Å². The molecule has 0 radical (unpaired) electrons. The molecule has 1 heterocycles. The molecule has 0 amide bonds. The van der Waals surface area contributed by atoms with Crippen molar-refractivity contribution in [3.05, 3.63) is 50.2 Å². The zero-order valence-electron chi connectivity index (χ0n) is 14.6. The molecule has 0 unspecified atom stereocenters. The summed E-state index contributed by atoms with van der Waals surface area (Å²) in [5, 5.41) is 8.89. The molecule has 7 nitrogen and oxygen atoms in total. The highest BCUT2D eigenvalue weighted by Crippen LogP contribution is 2.23. The zero-order chi connectivity index (χ0) is 20.1. The van der Waals surface area contributed by atoms with Crippen molar-refractivity contribution in [1.82, 2.24) is 9.97 Å². The molecule has 2 rings (SSSR count). The summed E-state index contributed by atoms with van der Waals surface area (Å²) >= 11 is 3.07. The van der Waals surface area contributed by atoms with Crippen LogP contribution in [0, 0.1) is 11.6 Å². The van der Waals surface area contributed by atoms with Crippen LogP contribution in [0.5, 0.6) is 5.88 Å². The fourth-order valence-corrected chi connectivity index (χ4v) is 2.57. The number of aromatic nitrogens is 2. The second-order valence-electron chi connectivity index (χ2n) is 5.96. The van der Waals surface area contributed by atoms with Crippen molar-refractivity contribution in [2.45, 2.75) is 32.9 Å². The monoisotopic (exact) mass is 445 g/mol. The quantitative estimate of drug-likeness (QED) is 0.648. The van der Waals surface area contributed by atoms with E-state index in [-0.39, 0.29) is 47.5 Å². The van der Waals surface area contributed by atoms with Crippen LogP contribution in [0.1, 0.15) is 25.8 Å². The molecule has 1 aromatic carbocycles. The lowest BCUT2D eigenvalue weighted by Crippen LogP contribution is -2.35. The average Bonchev–Trinajstić information content (AvgIpc) is 2.57. The number of hydrogen-bond acceptors (Lipinski definition) is 5. The van der Waals surface area contributed by atoms with Crippen LogP contribution in [0.4, 0.5) is 14.7 Å². The van der Waals surface area contributed by atoms with Gasteiger partial charge in [0.2, 0.25) is 11.8 Å². The van der Waals surface area contributed by atoms with Crippen LogP contribution in [0.15, 0.2) is 27.5 Å². The molecule has 0 aliphatic heterocycles. The average molecular weight is 446 g/mol. The molecule has 0 saturated carbocycles. The van der Waals surface area contributed by atoms with E-state index in [0.29, 0.717) is 0 Å². The van der Waals surface area contributed by atoms with Gasteiger partial charge < -0.3 is 14.7 Å². The lowest BCUT2D eigenvalue weighted by Gasteiger charge is -2.26. The highest BCUT2D eigenvalue weighted by atomic mass is 79.9. The normalized spacial score (nSPS) is 10.9. The highest BCUT2D eigenvalue weighted by Gasteiger charge is 2.19. The summed E-state index contributed by atoms with van der Waals surface area (Å²) in [6, 6.07) is 2.92. The van der Waals surface area contributed by atoms with Gasteiger partial charge in [-0.15, -0.1) is 0 Å². The van der Waals surface area contributed by atoms with E-state index in [2.05, 4.69) is 25.9 Å². The Morgan fingerprint density at radius 1 is 1.41 bits per heavy atom. The Morgan fingerprint density at radius 3 is 2.70 bits per heavy atom. The summed E-state index contributed by atoms with van der Waals surface area (Å²) in [5.41, 5.74) is -0.436. The van der Waals surface area contributed by atoms with Crippen LogP contribution in [0.2, 0.25) is 0 Å². The third-order valence-electron chi connectivity index (χ3n) is 3.66. The Bertz CT molecular complexity index is 889. The molecule has 1 aromatic heterocycles. The van der Waals surface area contributed by atoms with Crippen molar-refractivity contribution in [2.24, 2.45) is 0 Å². The molecule has 0 atom stereocenters. The summed E-state index contributed by atoms with van der Waals surface area (Å²) in [7, 11) is 0. The minimum Gasteiger partial charge on any atom is -0.481 e. The van der Waals surface area contributed by atoms with Crippen LogP contribution in [-0.4, -0.2) is 33.6 Å². The van der Waals surface area contributed by atoms with Gasteiger partial charge in [0.05, 0.1) is 6.42 Å². The summed E-state index contributed by atoms with van der Waals surface area (Å²) in [5.74, 6) is -2.42. The number of aromatic amines is 1. The van der Waals surface area contributed by atoms with E-state index in [1.807, 2.05) is 13.8 Å². The standard InChI is InChI=1S/C17H18BrF2N3O4/c1-9(2)23(6-5-13(24)25)17-21-15(26)14(18)16(22-17)27-8-10-3-4-11(19)7-12(10)20/h3-4,7,9H,5-6,8H2,1-2H3,(H,24,25)(H,21,22,26). The van der Waals surface area contributed by atoms with E-state index >= 15 is 0 Å². The van der Waals surface area contributed by atoms with Crippen LogP contribution in [0.25, 0.3) is 0 Å². The molecular weight excluding hydrogens is 428 g/mol. The smallest absolute Gasteiger partial charge is 0.305 e. The molecule has 0 bridgehead atoms. The van der Waals surface area contributed by atoms with E-state index in [1.165, 1.54) is 6.07 Å². The van der Waals surface area contributed by atoms with Crippen molar-refractivity contribution in [3.63, 3.8) is 0 Å². The number of H-pyrrole nitrogens is 1. The first-order valence-electron chi connectivity index (χ1n) is 8.04. The molecule has 0 fully saturated rings. The second kappa shape index (κ2) is 8.94. The summed E-state index contributed by atoms with van der Waals surface area (Å²) in [6.45, 7) is 3.50. The first-order valence-corrected chi connectivity index (χ1v) is 8.83. The first-order chi connectivity index (χ1) is 12.7. The number of carboxylic acid groups (broad SMARTS) is 1. The molecule has 0 aliphatic carbocycles. The number of anilines is 1. The number of aliphatic carboxylic acids is 1. The zero-order valence-corrected chi connectivity index (χ0v) is 16.2. The summed E-state index contributed by atoms with van der Waals surface area (Å²) < 4.78 is 32.2. The fraction of sp³-hybridized carbons (Fsp3) is 0.353. The van der Waals surface area contributed by atoms with Gasteiger partial charge in [-0.2, -0.15) is 4.98 Å². The van der Waals surface area contributed by atoms with Gasteiger partial charge in [-0.05, 0) is 41.9 Å². The lowest BCUT2D eigenvalue weighted by atomic mass is 10.2. The maximum Gasteiger partial charge on any atom is 0.305 e. The minimum atomic E-state index is -0.983. The van der Waals surface area contributed by atoms with E-state index in [9.17, 15) is 18.4 Å². The Kier molecular flexibility index (Phi) is 6.89. The number of benzene rings is 1. The van der Waals surface area contributed by atoms with Crippen molar-refractivity contribution < 1.29 is 23.4 Å². The molecule has 0 aliphatic rings. The Hall–Kier alpha value is -2.49. The van der Waals surface area contributed by atoms with E-state index in [4.69, 9.17) is 9.84 Å². The van der Waals surface area contributed by atoms with Gasteiger partial charge in [-0.3, -0.25) is 14.6 Å². The molecule has 2 N–H and O–H groups in total. The van der Waals surface area contributed by atoms with Crippen LogP contribution in [0.3, 0.4) is 0 Å². The van der Waals surface area contributed by atoms with E-state index in [1.54, 1.807) is 4.90 Å². The van der Waals surface area contributed by atoms with Gasteiger partial charge in [-0.1, -0.05) is 0 Å². The van der Waals surface area contributed by atoms with Gasteiger partial charge in [0, 0.05) is 24.2 Å². The molecule has 27 heavy (non-hydrogen) atoms. The summed E-state index contributed by atoms with van der Waals surface area (Å²) in [4.78, 5) is 31.4. The van der Waals surface area contributed by atoms with Gasteiger partial charge in [0.1, 0.15) is 22.7 Å². The fourth-order valence-electron chi connectivity index (χ4n) is 2.27. The molecule has 0 spiro atoms. The van der Waals surface area contributed by atoms with Gasteiger partial charge in [0.15, 0.2) is 0 Å². The second-order valence-corrected chi connectivity index (χ2v) is 6.76. The lowest BCUT2D eigenvalue weighted by molar-refractivity contribution is -0.136. The van der Waals surface area contributed by atoms with Crippen LogP contribution < -0.4 is 15.2 Å². The predicted molar refractivity (Wildman–Crippen MR) is 98.0 cm³/mol. The maximum atomic E-state index is 13.7. The molecule has 10 heteroatoms. The Labute approximate surface area is 162 Å². The third-order valence-corrected chi connectivity index (χ3v) is 4.36. The third kappa shape index (κ3) is 5.49. The Morgan fingerprint density at radius 2 is 2.11 bits per heavy atom. The molecule has 146 valence electrons. The molecule has 0 saturated heterocycles. The highest BCUT2D eigenvalue weighted by molar-refractivity contribution is 9.10. The maximum absolute atomic E-state index is 13.7. The number of carbonyl (C=O) groups is 1. The minimum absolute atomic E-state index is 0.00992.